The maximum atomic E-state index is 6.00. The number of fused-ring (bicyclic) bond motifs is 1. The van der Waals surface area contributed by atoms with E-state index in [0.29, 0.717) is 6.04 Å². The molecule has 2 heterocycles. The number of hydrogen-bond acceptors (Lipinski definition) is 3. The van der Waals surface area contributed by atoms with Gasteiger partial charge in [-0.3, -0.25) is 4.90 Å². The van der Waals surface area contributed by atoms with E-state index in [0.717, 1.165) is 27.7 Å². The van der Waals surface area contributed by atoms with Crippen LogP contribution in [0.1, 0.15) is 29.2 Å². The van der Waals surface area contributed by atoms with Gasteiger partial charge in [0.1, 0.15) is 5.82 Å². The molecule has 0 aliphatic carbocycles. The van der Waals surface area contributed by atoms with Crippen LogP contribution < -0.4 is 0 Å². The Bertz CT molecular complexity index is 762. The second kappa shape index (κ2) is 5.79. The molecule has 1 N–H and O–H groups in total. The lowest BCUT2D eigenvalue weighted by atomic mass is 10.1. The van der Waals surface area contributed by atoms with Crippen LogP contribution in [0.3, 0.4) is 0 Å². The van der Waals surface area contributed by atoms with Gasteiger partial charge in [-0.15, -0.1) is 11.3 Å². The zero-order valence-electron chi connectivity index (χ0n) is 12.4. The van der Waals surface area contributed by atoms with Crippen LogP contribution in [0.15, 0.2) is 30.3 Å². The molecule has 0 amide bonds. The van der Waals surface area contributed by atoms with Gasteiger partial charge in [-0.1, -0.05) is 17.7 Å². The molecule has 1 aromatic carbocycles. The fraction of sp³-hybridized carbons (Fsp3) is 0.312. The molecule has 0 aliphatic rings. The lowest BCUT2D eigenvalue weighted by Gasteiger charge is -2.24. The SMILES string of the molecule is Cc1nc2ccc(C(C)N(C)Cc3ccc(Cl)s3)cc2[nH]1. The number of imidazole rings is 1. The third-order valence-electron chi connectivity index (χ3n) is 3.80. The van der Waals surface area contributed by atoms with Crippen molar-refractivity contribution in [2.75, 3.05) is 7.05 Å². The normalized spacial score (nSPS) is 13.2. The summed E-state index contributed by atoms with van der Waals surface area (Å²) in [5, 5.41) is 0. The molecule has 3 rings (SSSR count). The number of nitrogens with zero attached hydrogens (tertiary/aromatic N) is 2. The maximum absolute atomic E-state index is 6.00. The molecule has 3 nitrogen and oxygen atoms in total. The standard InChI is InChI=1S/C16H18ClN3S/c1-10(20(3)9-13-5-7-16(17)21-13)12-4-6-14-15(8-12)19-11(2)18-14/h4-8,10H,9H2,1-3H3,(H,18,19). The maximum Gasteiger partial charge on any atom is 0.104 e. The Morgan fingerprint density at radius 1 is 1.33 bits per heavy atom. The summed E-state index contributed by atoms with van der Waals surface area (Å²) in [5.41, 5.74) is 3.41. The molecule has 1 atom stereocenters. The van der Waals surface area contributed by atoms with Crippen LogP contribution in [0.4, 0.5) is 0 Å². The molecule has 21 heavy (non-hydrogen) atoms. The molecule has 110 valence electrons. The molecular weight excluding hydrogens is 302 g/mol. The minimum atomic E-state index is 0.332. The number of H-pyrrole nitrogens is 1. The van der Waals surface area contributed by atoms with E-state index in [4.69, 9.17) is 11.6 Å². The van der Waals surface area contributed by atoms with Crippen molar-refractivity contribution in [1.29, 1.82) is 0 Å². The molecule has 5 heteroatoms. The fourth-order valence-corrected chi connectivity index (χ4v) is 3.64. The first-order valence-electron chi connectivity index (χ1n) is 6.93. The fourth-order valence-electron chi connectivity index (χ4n) is 2.49. The number of benzene rings is 1. The number of rotatable bonds is 4. The van der Waals surface area contributed by atoms with Gasteiger partial charge in [0.05, 0.1) is 15.4 Å². The number of halogens is 1. The molecule has 0 aliphatic heterocycles. The van der Waals surface area contributed by atoms with Gasteiger partial charge in [0.25, 0.3) is 0 Å². The topological polar surface area (TPSA) is 31.9 Å². The summed E-state index contributed by atoms with van der Waals surface area (Å²) in [5.74, 6) is 0.955. The summed E-state index contributed by atoms with van der Waals surface area (Å²) in [7, 11) is 2.14. The summed E-state index contributed by atoms with van der Waals surface area (Å²) in [6, 6.07) is 10.8. The van der Waals surface area contributed by atoms with E-state index < -0.39 is 0 Å². The number of thiophene rings is 1. The van der Waals surface area contributed by atoms with Crippen molar-refractivity contribution in [2.24, 2.45) is 0 Å². The van der Waals surface area contributed by atoms with E-state index in [2.05, 4.69) is 53.1 Å². The second-order valence-electron chi connectivity index (χ2n) is 5.40. The van der Waals surface area contributed by atoms with Crippen molar-refractivity contribution in [1.82, 2.24) is 14.9 Å². The Kier molecular flexibility index (Phi) is 4.02. The van der Waals surface area contributed by atoms with Crippen molar-refractivity contribution in [2.45, 2.75) is 26.4 Å². The third-order valence-corrected chi connectivity index (χ3v) is 5.02. The molecule has 2 aromatic heterocycles. The van der Waals surface area contributed by atoms with Crippen LogP contribution >= 0.6 is 22.9 Å². The Hall–Kier alpha value is -1.36. The highest BCUT2D eigenvalue weighted by molar-refractivity contribution is 7.16. The van der Waals surface area contributed by atoms with Crippen molar-refractivity contribution < 1.29 is 0 Å². The Balaban J connectivity index is 1.79. The van der Waals surface area contributed by atoms with E-state index in [9.17, 15) is 0 Å². The van der Waals surface area contributed by atoms with Gasteiger partial charge >= 0.3 is 0 Å². The summed E-state index contributed by atoms with van der Waals surface area (Å²) in [6.45, 7) is 5.11. The van der Waals surface area contributed by atoms with Crippen LogP contribution in [-0.2, 0) is 6.54 Å². The molecule has 0 radical (unpaired) electrons. The Morgan fingerprint density at radius 2 is 2.14 bits per heavy atom. The molecule has 1 unspecified atom stereocenters. The smallest absolute Gasteiger partial charge is 0.104 e. The van der Waals surface area contributed by atoms with Crippen LogP contribution in [0.2, 0.25) is 4.34 Å². The Morgan fingerprint density at radius 3 is 2.86 bits per heavy atom. The van der Waals surface area contributed by atoms with Gasteiger partial charge in [-0.2, -0.15) is 0 Å². The van der Waals surface area contributed by atoms with Gasteiger partial charge in [-0.05, 0) is 50.7 Å². The van der Waals surface area contributed by atoms with E-state index in [1.54, 1.807) is 11.3 Å². The second-order valence-corrected chi connectivity index (χ2v) is 7.20. The number of nitrogens with one attached hydrogen (secondary N) is 1. The minimum absolute atomic E-state index is 0.332. The highest BCUT2D eigenvalue weighted by Crippen LogP contribution is 2.27. The summed E-state index contributed by atoms with van der Waals surface area (Å²) >= 11 is 7.64. The number of aromatic amines is 1. The number of hydrogen-bond donors (Lipinski definition) is 1. The summed E-state index contributed by atoms with van der Waals surface area (Å²) < 4.78 is 0.848. The highest BCUT2D eigenvalue weighted by atomic mass is 35.5. The van der Waals surface area contributed by atoms with E-state index in [1.807, 2.05) is 13.0 Å². The van der Waals surface area contributed by atoms with Gasteiger partial charge < -0.3 is 4.98 Å². The van der Waals surface area contributed by atoms with Crippen LogP contribution in [0.25, 0.3) is 11.0 Å². The monoisotopic (exact) mass is 319 g/mol. The lowest BCUT2D eigenvalue weighted by molar-refractivity contribution is 0.255. The molecule has 0 spiro atoms. The average molecular weight is 320 g/mol. The first kappa shape index (κ1) is 14.6. The van der Waals surface area contributed by atoms with Crippen LogP contribution in [-0.4, -0.2) is 21.9 Å². The number of aromatic nitrogens is 2. The molecular formula is C16H18ClN3S. The van der Waals surface area contributed by atoms with E-state index in [1.165, 1.54) is 10.4 Å². The first-order chi connectivity index (χ1) is 10.0. The number of aryl methyl sites for hydroxylation is 1. The van der Waals surface area contributed by atoms with Gasteiger partial charge in [-0.25, -0.2) is 4.98 Å². The zero-order chi connectivity index (χ0) is 15.0. The van der Waals surface area contributed by atoms with Crippen molar-refractivity contribution >= 4 is 34.0 Å². The lowest BCUT2D eigenvalue weighted by Crippen LogP contribution is -2.21. The summed E-state index contributed by atoms with van der Waals surface area (Å²) in [4.78, 5) is 11.4. The highest BCUT2D eigenvalue weighted by Gasteiger charge is 2.14. The Labute approximate surface area is 133 Å². The van der Waals surface area contributed by atoms with Crippen molar-refractivity contribution in [3.63, 3.8) is 0 Å². The van der Waals surface area contributed by atoms with Crippen LogP contribution in [0, 0.1) is 6.92 Å². The molecule has 0 saturated heterocycles. The molecule has 0 saturated carbocycles. The predicted molar refractivity (Wildman–Crippen MR) is 90.0 cm³/mol. The van der Waals surface area contributed by atoms with E-state index in [-0.39, 0.29) is 0 Å². The van der Waals surface area contributed by atoms with Crippen molar-refractivity contribution in [3.05, 3.63) is 50.9 Å². The van der Waals surface area contributed by atoms with Crippen LogP contribution in [0.5, 0.6) is 0 Å². The third kappa shape index (κ3) is 3.12. The van der Waals surface area contributed by atoms with E-state index >= 15 is 0 Å². The molecule has 3 aromatic rings. The first-order valence-corrected chi connectivity index (χ1v) is 8.13. The largest absolute Gasteiger partial charge is 0.342 e. The molecule has 0 fully saturated rings. The van der Waals surface area contributed by atoms with Crippen molar-refractivity contribution in [3.8, 4) is 0 Å². The summed E-state index contributed by atoms with van der Waals surface area (Å²) in [6.07, 6.45) is 0. The minimum Gasteiger partial charge on any atom is -0.342 e. The van der Waals surface area contributed by atoms with Gasteiger partial charge in [0.2, 0.25) is 0 Å². The van der Waals surface area contributed by atoms with Gasteiger partial charge in [0.15, 0.2) is 0 Å². The zero-order valence-corrected chi connectivity index (χ0v) is 13.9. The van der Waals surface area contributed by atoms with Gasteiger partial charge in [0, 0.05) is 17.5 Å². The molecule has 0 bridgehead atoms. The average Bonchev–Trinajstić information content (AvgIpc) is 3.01. The quantitative estimate of drug-likeness (QED) is 0.750. The predicted octanol–water partition coefficient (Wildman–Crippen LogP) is 4.78.